The summed E-state index contributed by atoms with van der Waals surface area (Å²) in [6.45, 7) is 9.93. The summed E-state index contributed by atoms with van der Waals surface area (Å²) in [5, 5.41) is 18.3. The Morgan fingerprint density at radius 2 is 1.59 bits per heavy atom. The highest BCUT2D eigenvalue weighted by molar-refractivity contribution is 6.74. The molecule has 0 amide bonds. The van der Waals surface area contributed by atoms with Crippen molar-refractivity contribution in [1.82, 2.24) is 0 Å². The summed E-state index contributed by atoms with van der Waals surface area (Å²) in [5.74, 6) is -3.20. The van der Waals surface area contributed by atoms with Gasteiger partial charge in [0.2, 0.25) is 6.10 Å². The molecule has 150 valence electrons. The maximum absolute atomic E-state index is 12.3. The molecule has 0 aliphatic heterocycles. The first-order valence-electron chi connectivity index (χ1n) is 8.70. The molecule has 0 radical (unpaired) electrons. The summed E-state index contributed by atoms with van der Waals surface area (Å²) in [4.78, 5) is 34.9. The predicted octanol–water partition coefficient (Wildman–Crippen LogP) is 3.61. The number of hydrogen-bond acceptors (Lipinski definition) is 5. The van der Waals surface area contributed by atoms with E-state index in [1.165, 1.54) is 0 Å². The summed E-state index contributed by atoms with van der Waals surface area (Å²) < 4.78 is 11.2. The van der Waals surface area contributed by atoms with Gasteiger partial charge in [0, 0.05) is 5.56 Å². The monoisotopic (exact) mass is 396 g/mol. The average Bonchev–Trinajstić information content (AvgIpc) is 2.51. The van der Waals surface area contributed by atoms with E-state index in [4.69, 9.17) is 14.3 Å². The SMILES string of the molecule is CC(C)(C)[Si](C)(C)OC(CC(=O)O)CC(=O)OC(C(=O)O)c1ccccc1. The molecule has 27 heavy (non-hydrogen) atoms. The molecular formula is C19H28O7Si. The fourth-order valence-corrected chi connectivity index (χ4v) is 3.55. The number of carbonyl (C=O) groups excluding carboxylic acids is 1. The van der Waals surface area contributed by atoms with E-state index in [1.54, 1.807) is 30.3 Å². The van der Waals surface area contributed by atoms with E-state index < -0.39 is 38.4 Å². The Balaban J connectivity index is 2.89. The molecule has 1 rings (SSSR count). The van der Waals surface area contributed by atoms with E-state index in [2.05, 4.69) is 0 Å². The van der Waals surface area contributed by atoms with E-state index in [1.807, 2.05) is 33.9 Å². The van der Waals surface area contributed by atoms with Gasteiger partial charge in [0.05, 0.1) is 18.9 Å². The molecule has 2 unspecified atom stereocenters. The van der Waals surface area contributed by atoms with Crippen LogP contribution in [0.3, 0.4) is 0 Å². The molecule has 7 nitrogen and oxygen atoms in total. The lowest BCUT2D eigenvalue weighted by molar-refractivity contribution is -0.166. The van der Waals surface area contributed by atoms with Crippen LogP contribution in [0.1, 0.15) is 45.3 Å². The van der Waals surface area contributed by atoms with Gasteiger partial charge in [0.1, 0.15) is 0 Å². The summed E-state index contributed by atoms with van der Waals surface area (Å²) >= 11 is 0. The van der Waals surface area contributed by atoms with Crippen molar-refractivity contribution in [3.8, 4) is 0 Å². The zero-order valence-electron chi connectivity index (χ0n) is 16.4. The highest BCUT2D eigenvalue weighted by atomic mass is 28.4. The van der Waals surface area contributed by atoms with Crippen LogP contribution in [0.25, 0.3) is 0 Å². The third kappa shape index (κ3) is 7.14. The van der Waals surface area contributed by atoms with Crippen LogP contribution in [-0.2, 0) is 23.5 Å². The quantitative estimate of drug-likeness (QED) is 0.484. The number of ether oxygens (including phenoxy) is 1. The van der Waals surface area contributed by atoms with Crippen molar-refractivity contribution in [3.05, 3.63) is 35.9 Å². The molecule has 0 saturated carbocycles. The van der Waals surface area contributed by atoms with Gasteiger partial charge in [-0.2, -0.15) is 0 Å². The second-order valence-corrected chi connectivity index (χ2v) is 12.7. The first-order chi connectivity index (χ1) is 12.3. The van der Waals surface area contributed by atoms with Crippen LogP contribution in [-0.4, -0.2) is 42.5 Å². The molecular weight excluding hydrogens is 368 g/mol. The molecule has 0 saturated heterocycles. The largest absolute Gasteiger partial charge is 0.481 e. The second kappa shape index (κ2) is 9.14. The molecule has 0 aliphatic carbocycles. The van der Waals surface area contributed by atoms with Gasteiger partial charge in [0.15, 0.2) is 8.32 Å². The Morgan fingerprint density at radius 3 is 2.04 bits per heavy atom. The van der Waals surface area contributed by atoms with Crippen LogP contribution in [0.15, 0.2) is 30.3 Å². The molecule has 0 aromatic heterocycles. The summed E-state index contributed by atoms with van der Waals surface area (Å²) in [6, 6.07) is 8.11. The first-order valence-corrected chi connectivity index (χ1v) is 11.6. The van der Waals surface area contributed by atoms with Gasteiger partial charge in [-0.1, -0.05) is 51.1 Å². The van der Waals surface area contributed by atoms with E-state index in [0.717, 1.165) is 0 Å². The lowest BCUT2D eigenvalue weighted by Gasteiger charge is -2.38. The molecule has 0 aliphatic rings. The van der Waals surface area contributed by atoms with Crippen molar-refractivity contribution in [2.75, 3.05) is 0 Å². The molecule has 2 N–H and O–H groups in total. The molecule has 0 spiro atoms. The number of carboxylic acids is 2. The minimum atomic E-state index is -2.31. The molecule has 1 aromatic rings. The second-order valence-electron chi connectivity index (χ2n) is 7.92. The van der Waals surface area contributed by atoms with Crippen LogP contribution in [0.5, 0.6) is 0 Å². The van der Waals surface area contributed by atoms with Gasteiger partial charge in [-0.05, 0) is 18.1 Å². The minimum Gasteiger partial charge on any atom is -0.481 e. The average molecular weight is 397 g/mol. The Kier molecular flexibility index (Phi) is 7.73. The van der Waals surface area contributed by atoms with Gasteiger partial charge < -0.3 is 19.4 Å². The summed E-state index contributed by atoms with van der Waals surface area (Å²) in [6.07, 6.45) is -3.00. The Labute approximate surface area is 160 Å². The third-order valence-corrected chi connectivity index (χ3v) is 9.17. The van der Waals surface area contributed by atoms with E-state index in [-0.39, 0.29) is 17.9 Å². The molecule has 0 fully saturated rings. The molecule has 8 heteroatoms. The van der Waals surface area contributed by atoms with Crippen molar-refractivity contribution in [2.45, 2.75) is 64.0 Å². The molecule has 1 aromatic carbocycles. The normalized spacial score (nSPS) is 14.3. The Bertz CT molecular complexity index is 664. The topological polar surface area (TPSA) is 110 Å². The number of carboxylic acid groups (broad SMARTS) is 2. The van der Waals surface area contributed by atoms with Crippen molar-refractivity contribution in [2.24, 2.45) is 0 Å². The number of rotatable bonds is 9. The minimum absolute atomic E-state index is 0.165. The van der Waals surface area contributed by atoms with Crippen molar-refractivity contribution in [3.63, 3.8) is 0 Å². The van der Waals surface area contributed by atoms with Gasteiger partial charge in [-0.25, -0.2) is 4.79 Å². The molecule has 2 atom stereocenters. The number of benzene rings is 1. The van der Waals surface area contributed by atoms with E-state index in [9.17, 15) is 19.5 Å². The van der Waals surface area contributed by atoms with Crippen LogP contribution in [0, 0.1) is 0 Å². The summed E-state index contributed by atoms with van der Waals surface area (Å²) in [7, 11) is -2.31. The van der Waals surface area contributed by atoms with Gasteiger partial charge >= 0.3 is 17.9 Å². The van der Waals surface area contributed by atoms with Gasteiger partial charge in [0.25, 0.3) is 0 Å². The molecule has 0 heterocycles. The first kappa shape index (κ1) is 22.8. The van der Waals surface area contributed by atoms with Crippen molar-refractivity contribution in [1.29, 1.82) is 0 Å². The van der Waals surface area contributed by atoms with Crippen molar-refractivity contribution >= 4 is 26.2 Å². The number of hydrogen-bond donors (Lipinski definition) is 2. The fourth-order valence-electron chi connectivity index (χ4n) is 2.20. The predicted molar refractivity (Wildman–Crippen MR) is 102 cm³/mol. The van der Waals surface area contributed by atoms with E-state index >= 15 is 0 Å². The van der Waals surface area contributed by atoms with Crippen LogP contribution in [0.2, 0.25) is 18.1 Å². The highest BCUT2D eigenvalue weighted by Gasteiger charge is 2.40. The van der Waals surface area contributed by atoms with Crippen LogP contribution >= 0.6 is 0 Å². The maximum Gasteiger partial charge on any atom is 0.349 e. The third-order valence-electron chi connectivity index (χ3n) is 4.64. The number of esters is 1. The highest BCUT2D eigenvalue weighted by Crippen LogP contribution is 2.38. The van der Waals surface area contributed by atoms with Crippen LogP contribution < -0.4 is 0 Å². The standard InChI is InChI=1S/C19H28O7Si/c1-19(2,3)27(4,5)26-14(11-15(20)21)12-16(22)25-17(18(23)24)13-9-7-6-8-10-13/h6-10,14,17H,11-12H2,1-5H3,(H,20,21)(H,23,24). The van der Waals surface area contributed by atoms with E-state index in [0.29, 0.717) is 5.56 Å². The zero-order valence-corrected chi connectivity index (χ0v) is 17.4. The number of carbonyl (C=O) groups is 3. The lowest BCUT2D eigenvalue weighted by atomic mass is 10.1. The van der Waals surface area contributed by atoms with Crippen molar-refractivity contribution < 1.29 is 33.8 Å². The Morgan fingerprint density at radius 1 is 1.04 bits per heavy atom. The Hall–Kier alpha value is -2.19. The number of aliphatic carboxylic acids is 2. The van der Waals surface area contributed by atoms with Gasteiger partial charge in [-0.3, -0.25) is 9.59 Å². The zero-order chi connectivity index (χ0) is 20.8. The van der Waals surface area contributed by atoms with Crippen LogP contribution in [0.4, 0.5) is 0 Å². The maximum atomic E-state index is 12.3. The smallest absolute Gasteiger partial charge is 0.349 e. The van der Waals surface area contributed by atoms with Gasteiger partial charge in [-0.15, -0.1) is 0 Å². The molecule has 0 bridgehead atoms. The lowest BCUT2D eigenvalue weighted by Crippen LogP contribution is -2.45. The fraction of sp³-hybridized carbons (Fsp3) is 0.526. The summed E-state index contributed by atoms with van der Waals surface area (Å²) in [5.41, 5.74) is 0.332.